The summed E-state index contributed by atoms with van der Waals surface area (Å²) >= 11 is 5.87. The Balaban J connectivity index is 1.85. The van der Waals surface area contributed by atoms with Crippen LogP contribution in [0.1, 0.15) is 32.0 Å². The molecule has 3 aromatic rings. The molecule has 7 heteroatoms. The molecule has 0 unspecified atom stereocenters. The van der Waals surface area contributed by atoms with Crippen molar-refractivity contribution in [1.29, 1.82) is 0 Å². The molecule has 0 aliphatic rings. The summed E-state index contributed by atoms with van der Waals surface area (Å²) in [6.07, 6.45) is 4.60. The first-order valence-electron chi connectivity index (χ1n) is 7.29. The lowest BCUT2D eigenvalue weighted by atomic mass is 10.0. The third kappa shape index (κ3) is 3.44. The molecule has 0 aliphatic carbocycles. The first-order chi connectivity index (χ1) is 12.0. The minimum absolute atomic E-state index is 0.0703. The summed E-state index contributed by atoms with van der Waals surface area (Å²) in [7, 11) is 0. The largest absolute Gasteiger partial charge is 0.505 e. The number of nitrogens with zero attached hydrogens (tertiary/aromatic N) is 1. The second kappa shape index (κ2) is 6.86. The maximum Gasteiger partial charge on any atom is 0.199 e. The molecule has 0 atom stereocenters. The molecule has 0 saturated heterocycles. The standard InChI is InChI=1S/C18H12ClFN2O3/c19-12-3-4-14(23)17(20)16(12)18(25)11-7-13(22-9-11)15(24)6-10-2-1-5-21-8-10/h1-5,7-9,22-23H,6H2. The Labute approximate surface area is 147 Å². The van der Waals surface area contributed by atoms with Crippen LogP contribution in [0.15, 0.2) is 48.9 Å². The molecule has 2 heterocycles. The molecular weight excluding hydrogens is 347 g/mol. The van der Waals surface area contributed by atoms with Crippen LogP contribution in [0, 0.1) is 5.82 Å². The number of benzene rings is 1. The fourth-order valence-electron chi connectivity index (χ4n) is 2.36. The number of phenolic OH excluding ortho intramolecular Hbond substituents is 1. The Morgan fingerprint density at radius 1 is 1.28 bits per heavy atom. The van der Waals surface area contributed by atoms with E-state index in [0.29, 0.717) is 0 Å². The minimum atomic E-state index is -1.10. The van der Waals surface area contributed by atoms with Gasteiger partial charge in [0.15, 0.2) is 23.1 Å². The fraction of sp³-hybridized carbons (Fsp3) is 0.0556. The zero-order valence-corrected chi connectivity index (χ0v) is 13.5. The van der Waals surface area contributed by atoms with Crippen LogP contribution in [0.2, 0.25) is 5.02 Å². The van der Waals surface area contributed by atoms with Crippen LogP contribution < -0.4 is 0 Å². The number of carbonyl (C=O) groups is 2. The maximum absolute atomic E-state index is 14.0. The third-order valence-corrected chi connectivity index (χ3v) is 3.95. The van der Waals surface area contributed by atoms with Gasteiger partial charge in [0.1, 0.15) is 0 Å². The summed E-state index contributed by atoms with van der Waals surface area (Å²) in [6, 6.07) is 7.12. The van der Waals surface area contributed by atoms with Crippen molar-refractivity contribution >= 4 is 23.2 Å². The van der Waals surface area contributed by atoms with E-state index in [1.807, 2.05) is 0 Å². The average Bonchev–Trinajstić information content (AvgIpc) is 3.09. The van der Waals surface area contributed by atoms with E-state index in [9.17, 15) is 19.1 Å². The number of pyridine rings is 1. The zero-order valence-electron chi connectivity index (χ0n) is 12.8. The molecule has 126 valence electrons. The van der Waals surface area contributed by atoms with E-state index in [4.69, 9.17) is 11.6 Å². The SMILES string of the molecule is O=C(Cc1cccnc1)c1cc(C(=O)c2c(Cl)ccc(O)c2F)c[nH]1. The number of hydrogen-bond donors (Lipinski definition) is 2. The second-order valence-corrected chi connectivity index (χ2v) is 5.76. The Morgan fingerprint density at radius 3 is 2.80 bits per heavy atom. The summed E-state index contributed by atoms with van der Waals surface area (Å²) < 4.78 is 14.0. The molecule has 1 aromatic carbocycles. The molecule has 0 spiro atoms. The molecule has 3 rings (SSSR count). The van der Waals surface area contributed by atoms with E-state index >= 15 is 0 Å². The van der Waals surface area contributed by atoms with Gasteiger partial charge in [0.2, 0.25) is 0 Å². The highest BCUT2D eigenvalue weighted by molar-refractivity contribution is 6.35. The molecule has 2 N–H and O–H groups in total. The summed E-state index contributed by atoms with van der Waals surface area (Å²) in [4.78, 5) is 31.4. The lowest BCUT2D eigenvalue weighted by Gasteiger charge is -2.05. The highest BCUT2D eigenvalue weighted by Gasteiger charge is 2.22. The van der Waals surface area contributed by atoms with E-state index in [1.54, 1.807) is 24.5 Å². The van der Waals surface area contributed by atoms with Crippen molar-refractivity contribution in [2.75, 3.05) is 0 Å². The predicted molar refractivity (Wildman–Crippen MR) is 89.6 cm³/mol. The van der Waals surface area contributed by atoms with Crippen LogP contribution in [0.5, 0.6) is 5.75 Å². The Bertz CT molecular complexity index is 954. The predicted octanol–water partition coefficient (Wildman–Crippen LogP) is 3.56. The number of aromatic nitrogens is 2. The molecule has 25 heavy (non-hydrogen) atoms. The van der Waals surface area contributed by atoms with E-state index in [0.717, 1.165) is 11.6 Å². The number of rotatable bonds is 5. The normalized spacial score (nSPS) is 10.6. The number of phenols is 1. The van der Waals surface area contributed by atoms with Crippen molar-refractivity contribution in [2.24, 2.45) is 0 Å². The van der Waals surface area contributed by atoms with Crippen molar-refractivity contribution in [1.82, 2.24) is 9.97 Å². The monoisotopic (exact) mass is 358 g/mol. The number of H-pyrrole nitrogens is 1. The van der Waals surface area contributed by atoms with Crippen LogP contribution in [-0.4, -0.2) is 26.6 Å². The van der Waals surface area contributed by atoms with Crippen LogP contribution >= 0.6 is 11.6 Å². The van der Waals surface area contributed by atoms with Crippen molar-refractivity contribution in [3.63, 3.8) is 0 Å². The van der Waals surface area contributed by atoms with E-state index in [1.165, 1.54) is 18.3 Å². The van der Waals surface area contributed by atoms with Gasteiger partial charge in [0, 0.05) is 30.6 Å². The lowest BCUT2D eigenvalue weighted by molar-refractivity contribution is 0.0988. The van der Waals surface area contributed by atoms with Gasteiger partial charge >= 0.3 is 0 Å². The molecule has 0 bridgehead atoms. The minimum Gasteiger partial charge on any atom is -0.505 e. The van der Waals surface area contributed by atoms with Crippen molar-refractivity contribution in [3.8, 4) is 5.75 Å². The van der Waals surface area contributed by atoms with Crippen molar-refractivity contribution in [3.05, 3.63) is 82.1 Å². The number of aromatic amines is 1. The van der Waals surface area contributed by atoms with Crippen molar-refractivity contribution in [2.45, 2.75) is 6.42 Å². The Hall–Kier alpha value is -2.99. The summed E-state index contributed by atoms with van der Waals surface area (Å²) in [5, 5.41) is 9.30. The molecule has 0 fully saturated rings. The van der Waals surface area contributed by atoms with Gasteiger partial charge in [-0.2, -0.15) is 0 Å². The molecule has 0 aliphatic heterocycles. The van der Waals surface area contributed by atoms with Crippen LogP contribution in [0.25, 0.3) is 0 Å². The number of ketones is 2. The number of aromatic hydroxyl groups is 1. The summed E-state index contributed by atoms with van der Waals surface area (Å²) in [5.41, 5.74) is 0.578. The quantitative estimate of drug-likeness (QED) is 0.683. The topological polar surface area (TPSA) is 83.1 Å². The fourth-order valence-corrected chi connectivity index (χ4v) is 2.60. The zero-order chi connectivity index (χ0) is 18.0. The van der Waals surface area contributed by atoms with Crippen LogP contribution in [0.4, 0.5) is 4.39 Å². The van der Waals surface area contributed by atoms with Gasteiger partial charge in [0.25, 0.3) is 0 Å². The Kier molecular flexibility index (Phi) is 4.63. The Morgan fingerprint density at radius 2 is 2.08 bits per heavy atom. The van der Waals surface area contributed by atoms with Gasteiger partial charge in [-0.05, 0) is 29.8 Å². The molecule has 0 radical (unpaired) electrons. The van der Waals surface area contributed by atoms with Gasteiger partial charge in [-0.25, -0.2) is 4.39 Å². The lowest BCUT2D eigenvalue weighted by Crippen LogP contribution is -2.05. The molecule has 2 aromatic heterocycles. The van der Waals surface area contributed by atoms with Gasteiger partial charge in [-0.15, -0.1) is 0 Å². The number of Topliss-reactive ketones (excluding diaryl/α,β-unsaturated/α-hetero) is 1. The van der Waals surface area contributed by atoms with Gasteiger partial charge in [0.05, 0.1) is 16.3 Å². The van der Waals surface area contributed by atoms with E-state index in [-0.39, 0.29) is 28.5 Å². The first-order valence-corrected chi connectivity index (χ1v) is 7.67. The molecular formula is C18H12ClFN2O3. The van der Waals surface area contributed by atoms with Crippen LogP contribution in [-0.2, 0) is 6.42 Å². The van der Waals surface area contributed by atoms with Crippen molar-refractivity contribution < 1.29 is 19.1 Å². The summed E-state index contributed by atoms with van der Waals surface area (Å²) in [6.45, 7) is 0. The molecule has 5 nitrogen and oxygen atoms in total. The van der Waals surface area contributed by atoms with E-state index in [2.05, 4.69) is 9.97 Å². The second-order valence-electron chi connectivity index (χ2n) is 5.35. The first kappa shape index (κ1) is 16.9. The van der Waals surface area contributed by atoms with Gasteiger partial charge in [-0.1, -0.05) is 17.7 Å². The molecule has 0 saturated carbocycles. The van der Waals surface area contributed by atoms with Gasteiger partial charge in [-0.3, -0.25) is 14.6 Å². The number of halogens is 2. The average molecular weight is 359 g/mol. The highest BCUT2D eigenvalue weighted by Crippen LogP contribution is 2.28. The van der Waals surface area contributed by atoms with Gasteiger partial charge < -0.3 is 10.1 Å². The number of carbonyl (C=O) groups excluding carboxylic acids is 2. The maximum atomic E-state index is 14.0. The summed E-state index contributed by atoms with van der Waals surface area (Å²) in [5.74, 6) is -2.73. The van der Waals surface area contributed by atoms with Crippen LogP contribution in [0.3, 0.4) is 0 Å². The number of hydrogen-bond acceptors (Lipinski definition) is 4. The van der Waals surface area contributed by atoms with E-state index < -0.39 is 22.9 Å². The highest BCUT2D eigenvalue weighted by atomic mass is 35.5. The number of nitrogens with one attached hydrogen (secondary N) is 1. The third-order valence-electron chi connectivity index (χ3n) is 3.63. The smallest absolute Gasteiger partial charge is 0.199 e. The molecule has 0 amide bonds.